The maximum absolute atomic E-state index is 11.0. The van der Waals surface area contributed by atoms with Gasteiger partial charge in [-0.25, -0.2) is 0 Å². The second-order valence-corrected chi connectivity index (χ2v) is 2.61. The molecule has 0 saturated carbocycles. The van der Waals surface area contributed by atoms with Crippen molar-refractivity contribution in [2.45, 2.75) is 0 Å². The number of halogens is 1. The summed E-state index contributed by atoms with van der Waals surface area (Å²) in [5.41, 5.74) is 4.48. The van der Waals surface area contributed by atoms with Crippen LogP contribution in [0.4, 0.5) is 0 Å². The smallest absolute Gasteiger partial charge is 0.293 e. The Bertz CT molecular complexity index is 453. The van der Waals surface area contributed by atoms with E-state index < -0.39 is 11.5 Å². The molecule has 0 bridgehead atoms. The van der Waals surface area contributed by atoms with E-state index in [0.717, 1.165) is 0 Å². The van der Waals surface area contributed by atoms with Crippen LogP contribution in [0.5, 0.6) is 0 Å². The molecule has 0 unspecified atom stereocenters. The molecule has 1 rings (SSSR count). The van der Waals surface area contributed by atoms with E-state index in [1.807, 2.05) is 5.92 Å². The van der Waals surface area contributed by atoms with Gasteiger partial charge < -0.3 is 10.7 Å². The van der Waals surface area contributed by atoms with Gasteiger partial charge in [-0.3, -0.25) is 9.59 Å². The number of rotatable bonds is 0. The number of H-pyrrole nitrogens is 1. The molecule has 0 aliphatic carbocycles. The molecule has 13 heavy (non-hydrogen) atoms. The summed E-state index contributed by atoms with van der Waals surface area (Å²) < 4.78 is 0. The van der Waals surface area contributed by atoms with Crippen LogP contribution in [0.3, 0.4) is 0 Å². The Labute approximate surface area is 78.7 Å². The van der Waals surface area contributed by atoms with Crippen molar-refractivity contribution in [3.05, 3.63) is 33.2 Å². The van der Waals surface area contributed by atoms with Crippen LogP contribution in [-0.4, -0.2) is 10.9 Å². The second kappa shape index (κ2) is 3.78. The minimum absolute atomic E-state index is 0.117. The molecule has 0 atom stereocenters. The third-order valence-corrected chi connectivity index (χ3v) is 1.41. The molecule has 0 radical (unpaired) electrons. The van der Waals surface area contributed by atoms with E-state index in [0.29, 0.717) is 5.02 Å². The van der Waals surface area contributed by atoms with E-state index in [9.17, 15) is 9.59 Å². The van der Waals surface area contributed by atoms with Gasteiger partial charge in [0.15, 0.2) is 0 Å². The minimum atomic E-state index is -0.792. The van der Waals surface area contributed by atoms with Crippen LogP contribution in [-0.2, 0) is 4.79 Å². The number of nitrogens with one attached hydrogen (secondary N) is 1. The number of hydrogen-bond donors (Lipinski definition) is 2. The maximum Gasteiger partial charge on any atom is 0.293 e. The maximum atomic E-state index is 11.0. The van der Waals surface area contributed by atoms with Crippen molar-refractivity contribution in [1.29, 1.82) is 0 Å². The summed E-state index contributed by atoms with van der Waals surface area (Å²) >= 11 is 5.58. The molecule has 0 aliphatic rings. The SMILES string of the molecule is NC(=O)C#Cc1cc(Cl)c[nH]c1=O. The van der Waals surface area contributed by atoms with E-state index in [4.69, 9.17) is 17.3 Å². The molecule has 0 spiro atoms. The van der Waals surface area contributed by atoms with Gasteiger partial charge in [0.1, 0.15) is 0 Å². The standard InChI is InChI=1S/C8H5ClN2O2/c9-6-3-5(1-2-7(10)12)8(13)11-4-6/h3-4H,(H2,10,12)(H,11,13). The van der Waals surface area contributed by atoms with Crippen LogP contribution in [0.25, 0.3) is 0 Å². The normalized spacial score (nSPS) is 8.69. The number of pyridine rings is 1. The van der Waals surface area contributed by atoms with Crippen LogP contribution in [0.15, 0.2) is 17.1 Å². The fourth-order valence-electron chi connectivity index (χ4n) is 0.679. The van der Waals surface area contributed by atoms with E-state index >= 15 is 0 Å². The third kappa shape index (κ3) is 2.65. The zero-order valence-corrected chi connectivity index (χ0v) is 7.18. The van der Waals surface area contributed by atoms with E-state index in [-0.39, 0.29) is 5.56 Å². The number of nitrogens with two attached hydrogens (primary N) is 1. The molecular weight excluding hydrogens is 192 g/mol. The van der Waals surface area contributed by atoms with Gasteiger partial charge in [-0.15, -0.1) is 0 Å². The number of aromatic nitrogens is 1. The highest BCUT2D eigenvalue weighted by Gasteiger charge is 1.96. The van der Waals surface area contributed by atoms with Gasteiger partial charge in [0.25, 0.3) is 11.5 Å². The lowest BCUT2D eigenvalue weighted by molar-refractivity contribution is -0.112. The van der Waals surface area contributed by atoms with E-state index in [1.165, 1.54) is 12.3 Å². The van der Waals surface area contributed by atoms with Gasteiger partial charge in [-0.1, -0.05) is 17.5 Å². The number of amides is 1. The Morgan fingerprint density at radius 2 is 2.31 bits per heavy atom. The Hall–Kier alpha value is -1.73. The molecule has 4 nitrogen and oxygen atoms in total. The van der Waals surface area contributed by atoms with Crippen LogP contribution < -0.4 is 11.3 Å². The average molecular weight is 197 g/mol. The fourth-order valence-corrected chi connectivity index (χ4v) is 0.843. The van der Waals surface area contributed by atoms with Gasteiger partial charge in [0.2, 0.25) is 0 Å². The van der Waals surface area contributed by atoms with E-state index in [2.05, 4.69) is 10.9 Å². The Morgan fingerprint density at radius 3 is 2.92 bits per heavy atom. The van der Waals surface area contributed by atoms with Gasteiger partial charge in [-0.2, -0.15) is 0 Å². The predicted molar refractivity (Wildman–Crippen MR) is 48.1 cm³/mol. The predicted octanol–water partition coefficient (Wildman–Crippen LogP) is -0.135. The summed E-state index contributed by atoms with van der Waals surface area (Å²) in [7, 11) is 0. The molecule has 0 aromatic carbocycles. The molecular formula is C8H5ClN2O2. The monoisotopic (exact) mass is 196 g/mol. The van der Waals surface area contributed by atoms with Crippen LogP contribution in [0.2, 0.25) is 5.02 Å². The first-order chi connectivity index (χ1) is 6.09. The van der Waals surface area contributed by atoms with Crippen molar-refractivity contribution in [3.8, 4) is 11.8 Å². The molecule has 1 heterocycles. The summed E-state index contributed by atoms with van der Waals surface area (Å²) in [4.78, 5) is 23.6. The Morgan fingerprint density at radius 1 is 1.62 bits per heavy atom. The molecule has 3 N–H and O–H groups in total. The van der Waals surface area contributed by atoms with Crippen LogP contribution >= 0.6 is 11.6 Å². The lowest BCUT2D eigenvalue weighted by atomic mass is 10.3. The average Bonchev–Trinajstić information content (AvgIpc) is 2.06. The molecule has 0 aliphatic heterocycles. The summed E-state index contributed by atoms with van der Waals surface area (Å²) in [6.07, 6.45) is 1.33. The molecule has 5 heteroatoms. The number of carbonyl (C=O) groups excluding carboxylic acids is 1. The quantitative estimate of drug-likeness (QED) is 0.567. The Kier molecular flexibility index (Phi) is 2.72. The summed E-state index contributed by atoms with van der Waals surface area (Å²) in [6.45, 7) is 0. The summed E-state index contributed by atoms with van der Waals surface area (Å²) in [5, 5.41) is 0.341. The highest BCUT2D eigenvalue weighted by Crippen LogP contribution is 2.03. The first-order valence-corrected chi connectivity index (χ1v) is 3.67. The molecule has 1 aromatic heterocycles. The van der Waals surface area contributed by atoms with Crippen molar-refractivity contribution in [3.63, 3.8) is 0 Å². The van der Waals surface area contributed by atoms with Gasteiger partial charge in [0, 0.05) is 12.1 Å². The van der Waals surface area contributed by atoms with Gasteiger partial charge >= 0.3 is 0 Å². The largest absolute Gasteiger partial charge is 0.359 e. The second-order valence-electron chi connectivity index (χ2n) is 2.17. The lowest BCUT2D eigenvalue weighted by Gasteiger charge is -1.89. The van der Waals surface area contributed by atoms with Crippen LogP contribution in [0, 0.1) is 11.8 Å². The number of carbonyl (C=O) groups is 1. The minimum Gasteiger partial charge on any atom is -0.359 e. The molecule has 1 aromatic rings. The topological polar surface area (TPSA) is 76.0 Å². The van der Waals surface area contributed by atoms with Crippen molar-refractivity contribution < 1.29 is 4.79 Å². The van der Waals surface area contributed by atoms with Crippen molar-refractivity contribution in [2.24, 2.45) is 5.73 Å². The molecule has 0 saturated heterocycles. The lowest BCUT2D eigenvalue weighted by Crippen LogP contribution is -2.10. The summed E-state index contributed by atoms with van der Waals surface area (Å²) in [6, 6.07) is 1.36. The molecule has 0 fully saturated rings. The fraction of sp³-hybridized carbons (Fsp3) is 0. The number of primary amides is 1. The number of aromatic amines is 1. The van der Waals surface area contributed by atoms with E-state index in [1.54, 1.807) is 0 Å². The first kappa shape index (κ1) is 9.36. The third-order valence-electron chi connectivity index (χ3n) is 1.19. The van der Waals surface area contributed by atoms with Gasteiger partial charge in [0.05, 0.1) is 10.6 Å². The van der Waals surface area contributed by atoms with Crippen molar-refractivity contribution >= 4 is 17.5 Å². The zero-order valence-electron chi connectivity index (χ0n) is 6.43. The van der Waals surface area contributed by atoms with Gasteiger partial charge in [-0.05, 0) is 6.07 Å². The van der Waals surface area contributed by atoms with Crippen molar-refractivity contribution in [1.82, 2.24) is 4.98 Å². The zero-order chi connectivity index (χ0) is 9.84. The highest BCUT2D eigenvalue weighted by atomic mass is 35.5. The molecule has 66 valence electrons. The van der Waals surface area contributed by atoms with Crippen LogP contribution in [0.1, 0.15) is 5.56 Å². The van der Waals surface area contributed by atoms with Crippen molar-refractivity contribution in [2.75, 3.05) is 0 Å². The Balaban J connectivity index is 3.17. The summed E-state index contributed by atoms with van der Waals surface area (Å²) in [5.74, 6) is 3.55. The highest BCUT2D eigenvalue weighted by molar-refractivity contribution is 6.30. The number of hydrogen-bond acceptors (Lipinski definition) is 2. The molecule has 1 amide bonds. The first-order valence-electron chi connectivity index (χ1n) is 3.29.